The lowest BCUT2D eigenvalue weighted by atomic mass is 9.94. The third kappa shape index (κ3) is 3.30. The maximum absolute atomic E-state index is 12.5. The second kappa shape index (κ2) is 6.75. The first-order chi connectivity index (χ1) is 10.6. The Morgan fingerprint density at radius 2 is 1.86 bits per heavy atom. The standard InChI is InChI=1S/C15H24N4O3/c1-11(14-17-16-12(2)22-14)18-5-3-13(4-6-18)15(20)19-7-9-21-10-8-19/h11,13H,3-10H2,1-2H3/t11-/m0/s1. The first-order valence-corrected chi connectivity index (χ1v) is 8.05. The number of carbonyl (C=O) groups excluding carboxylic acids is 1. The second-order valence-corrected chi connectivity index (χ2v) is 6.08. The number of carbonyl (C=O) groups is 1. The van der Waals surface area contributed by atoms with E-state index in [2.05, 4.69) is 22.0 Å². The molecule has 1 aromatic rings. The van der Waals surface area contributed by atoms with Crippen molar-refractivity contribution >= 4 is 5.91 Å². The van der Waals surface area contributed by atoms with Crippen LogP contribution in [0.5, 0.6) is 0 Å². The number of likely N-dealkylation sites (tertiary alicyclic amines) is 1. The van der Waals surface area contributed by atoms with Crippen LogP contribution in [0.1, 0.15) is 37.6 Å². The lowest BCUT2D eigenvalue weighted by Crippen LogP contribution is -2.47. The van der Waals surface area contributed by atoms with Gasteiger partial charge in [0, 0.05) is 25.9 Å². The fourth-order valence-electron chi connectivity index (χ4n) is 3.21. The lowest BCUT2D eigenvalue weighted by Gasteiger charge is -2.37. The maximum Gasteiger partial charge on any atom is 0.233 e. The van der Waals surface area contributed by atoms with Gasteiger partial charge in [-0.2, -0.15) is 0 Å². The molecule has 1 atom stereocenters. The number of aromatic nitrogens is 2. The molecule has 122 valence electrons. The Balaban J connectivity index is 1.52. The molecule has 0 aliphatic carbocycles. The summed E-state index contributed by atoms with van der Waals surface area (Å²) in [6.45, 7) is 8.46. The monoisotopic (exact) mass is 308 g/mol. The molecule has 3 rings (SSSR count). The number of morpholine rings is 1. The number of rotatable bonds is 3. The predicted octanol–water partition coefficient (Wildman–Crippen LogP) is 1.01. The minimum Gasteiger partial charge on any atom is -0.424 e. The Bertz CT molecular complexity index is 505. The third-order valence-electron chi connectivity index (χ3n) is 4.65. The first kappa shape index (κ1) is 15.4. The summed E-state index contributed by atoms with van der Waals surface area (Å²) in [7, 11) is 0. The van der Waals surface area contributed by atoms with E-state index in [0.29, 0.717) is 30.9 Å². The van der Waals surface area contributed by atoms with Gasteiger partial charge in [0.05, 0.1) is 19.3 Å². The van der Waals surface area contributed by atoms with Gasteiger partial charge in [-0.05, 0) is 32.9 Å². The molecular weight excluding hydrogens is 284 g/mol. The van der Waals surface area contributed by atoms with E-state index in [9.17, 15) is 4.79 Å². The van der Waals surface area contributed by atoms with Gasteiger partial charge in [0.25, 0.3) is 0 Å². The molecule has 7 heteroatoms. The van der Waals surface area contributed by atoms with E-state index >= 15 is 0 Å². The average molecular weight is 308 g/mol. The number of nitrogens with zero attached hydrogens (tertiary/aromatic N) is 4. The van der Waals surface area contributed by atoms with E-state index < -0.39 is 0 Å². The Labute approximate surface area is 130 Å². The number of piperidine rings is 1. The smallest absolute Gasteiger partial charge is 0.233 e. The summed E-state index contributed by atoms with van der Waals surface area (Å²) in [6.07, 6.45) is 1.79. The molecule has 1 aromatic heterocycles. The SMILES string of the molecule is Cc1nnc([C@H](C)N2CCC(C(=O)N3CCOCC3)CC2)o1. The van der Waals surface area contributed by atoms with Crippen LogP contribution in [0.15, 0.2) is 4.42 Å². The molecule has 3 heterocycles. The van der Waals surface area contributed by atoms with Crippen molar-refractivity contribution in [1.29, 1.82) is 0 Å². The van der Waals surface area contributed by atoms with Gasteiger partial charge < -0.3 is 14.1 Å². The van der Waals surface area contributed by atoms with Crippen molar-refractivity contribution < 1.29 is 13.9 Å². The van der Waals surface area contributed by atoms with Crippen LogP contribution in [0.25, 0.3) is 0 Å². The highest BCUT2D eigenvalue weighted by Crippen LogP contribution is 2.27. The zero-order chi connectivity index (χ0) is 15.5. The second-order valence-electron chi connectivity index (χ2n) is 6.08. The van der Waals surface area contributed by atoms with Gasteiger partial charge >= 0.3 is 0 Å². The highest BCUT2D eigenvalue weighted by molar-refractivity contribution is 5.79. The fraction of sp³-hybridized carbons (Fsp3) is 0.800. The minimum absolute atomic E-state index is 0.112. The molecule has 1 amide bonds. The van der Waals surface area contributed by atoms with Gasteiger partial charge in [-0.1, -0.05) is 0 Å². The Kier molecular flexibility index (Phi) is 4.73. The molecule has 22 heavy (non-hydrogen) atoms. The summed E-state index contributed by atoms with van der Waals surface area (Å²) in [6, 6.07) is 0.112. The molecule has 7 nitrogen and oxygen atoms in total. The molecule has 0 saturated carbocycles. The van der Waals surface area contributed by atoms with Crippen LogP contribution in [-0.4, -0.2) is 65.3 Å². The van der Waals surface area contributed by atoms with Crippen LogP contribution in [0, 0.1) is 12.8 Å². The predicted molar refractivity (Wildman–Crippen MR) is 79.1 cm³/mol. The summed E-state index contributed by atoms with van der Waals surface area (Å²) in [5, 5.41) is 7.99. The van der Waals surface area contributed by atoms with Crippen molar-refractivity contribution in [3.05, 3.63) is 11.8 Å². The summed E-state index contributed by atoms with van der Waals surface area (Å²) in [5.74, 6) is 1.70. The van der Waals surface area contributed by atoms with Gasteiger partial charge in [-0.25, -0.2) is 0 Å². The summed E-state index contributed by atoms with van der Waals surface area (Å²) in [5.41, 5.74) is 0. The van der Waals surface area contributed by atoms with Crippen LogP contribution in [0.2, 0.25) is 0 Å². The Hall–Kier alpha value is -1.47. The summed E-state index contributed by atoms with van der Waals surface area (Å²) >= 11 is 0. The maximum atomic E-state index is 12.5. The number of hydrogen-bond donors (Lipinski definition) is 0. The first-order valence-electron chi connectivity index (χ1n) is 8.05. The lowest BCUT2D eigenvalue weighted by molar-refractivity contribution is -0.141. The van der Waals surface area contributed by atoms with Gasteiger partial charge in [0.15, 0.2) is 0 Å². The molecule has 0 spiro atoms. The van der Waals surface area contributed by atoms with Crippen LogP contribution < -0.4 is 0 Å². The van der Waals surface area contributed by atoms with Crippen LogP contribution in [0.3, 0.4) is 0 Å². The topological polar surface area (TPSA) is 71.7 Å². The molecular formula is C15H24N4O3. The third-order valence-corrected chi connectivity index (χ3v) is 4.65. The van der Waals surface area contributed by atoms with E-state index in [1.807, 2.05) is 4.90 Å². The Morgan fingerprint density at radius 1 is 1.18 bits per heavy atom. The van der Waals surface area contributed by atoms with Crippen LogP contribution >= 0.6 is 0 Å². The van der Waals surface area contributed by atoms with Crippen molar-refractivity contribution in [3.63, 3.8) is 0 Å². The normalized spacial score (nSPS) is 22.7. The number of amides is 1. The molecule has 0 radical (unpaired) electrons. The van der Waals surface area contributed by atoms with Gasteiger partial charge in [-0.15, -0.1) is 10.2 Å². The number of ether oxygens (including phenoxy) is 1. The molecule has 2 fully saturated rings. The highest BCUT2D eigenvalue weighted by atomic mass is 16.5. The molecule has 2 aliphatic rings. The summed E-state index contributed by atoms with van der Waals surface area (Å²) < 4.78 is 10.8. The van der Waals surface area contributed by atoms with Crippen molar-refractivity contribution in [2.45, 2.75) is 32.7 Å². The van der Waals surface area contributed by atoms with Crippen LogP contribution in [-0.2, 0) is 9.53 Å². The van der Waals surface area contributed by atoms with Crippen molar-refractivity contribution in [2.75, 3.05) is 39.4 Å². The largest absolute Gasteiger partial charge is 0.424 e. The zero-order valence-corrected chi connectivity index (χ0v) is 13.3. The fourth-order valence-corrected chi connectivity index (χ4v) is 3.21. The molecule has 0 aromatic carbocycles. The minimum atomic E-state index is 0.112. The molecule has 0 N–H and O–H groups in total. The Morgan fingerprint density at radius 3 is 2.45 bits per heavy atom. The molecule has 0 unspecified atom stereocenters. The van der Waals surface area contributed by atoms with Crippen molar-refractivity contribution in [1.82, 2.24) is 20.0 Å². The quantitative estimate of drug-likeness (QED) is 0.830. The van der Waals surface area contributed by atoms with E-state index in [-0.39, 0.29) is 12.0 Å². The molecule has 0 bridgehead atoms. The molecule has 2 aliphatic heterocycles. The van der Waals surface area contributed by atoms with Crippen molar-refractivity contribution in [3.8, 4) is 0 Å². The van der Waals surface area contributed by atoms with E-state index in [0.717, 1.165) is 39.0 Å². The summed E-state index contributed by atoms with van der Waals surface area (Å²) in [4.78, 5) is 16.8. The average Bonchev–Trinajstić information content (AvgIpc) is 3.01. The van der Waals surface area contributed by atoms with E-state index in [1.54, 1.807) is 6.92 Å². The van der Waals surface area contributed by atoms with Crippen molar-refractivity contribution in [2.24, 2.45) is 5.92 Å². The van der Waals surface area contributed by atoms with Gasteiger partial charge in [0.2, 0.25) is 17.7 Å². The highest BCUT2D eigenvalue weighted by Gasteiger charge is 2.32. The van der Waals surface area contributed by atoms with Gasteiger partial charge in [0.1, 0.15) is 0 Å². The van der Waals surface area contributed by atoms with E-state index in [1.165, 1.54) is 0 Å². The number of aryl methyl sites for hydroxylation is 1. The van der Waals surface area contributed by atoms with E-state index in [4.69, 9.17) is 9.15 Å². The number of hydrogen-bond acceptors (Lipinski definition) is 6. The van der Waals surface area contributed by atoms with Gasteiger partial charge in [-0.3, -0.25) is 9.69 Å². The molecule has 2 saturated heterocycles. The van der Waals surface area contributed by atoms with Crippen LogP contribution in [0.4, 0.5) is 0 Å². The zero-order valence-electron chi connectivity index (χ0n) is 13.3.